The summed E-state index contributed by atoms with van der Waals surface area (Å²) < 4.78 is 40.3. The lowest BCUT2D eigenvalue weighted by Crippen LogP contribution is -2.68. The fraction of sp³-hybridized carbons (Fsp3) is 0.450. The van der Waals surface area contributed by atoms with Crippen LogP contribution in [0.2, 0.25) is 0 Å². The molecule has 0 unspecified atom stereocenters. The quantitative estimate of drug-likeness (QED) is 0.525. The van der Waals surface area contributed by atoms with Crippen molar-refractivity contribution < 1.29 is 33.3 Å². The van der Waals surface area contributed by atoms with E-state index in [-0.39, 0.29) is 0 Å². The molecule has 26 heavy (non-hydrogen) atoms. The van der Waals surface area contributed by atoms with Gasteiger partial charge in [0.1, 0.15) is 0 Å². The molecule has 0 radical (unpaired) electrons. The van der Waals surface area contributed by atoms with Crippen molar-refractivity contribution in [2.45, 2.75) is 57.8 Å². The SMILES string of the molecule is [O-][Cl+3]([O-])([O-])[O-].c1ccc2c(c1)Cc1cc3c([o+]c1C2)CCCCCCC3. The van der Waals surface area contributed by atoms with Crippen molar-refractivity contribution in [1.29, 1.82) is 0 Å². The minimum absolute atomic E-state index is 0.971. The van der Waals surface area contributed by atoms with Crippen LogP contribution < -0.4 is 18.6 Å². The van der Waals surface area contributed by atoms with Crippen molar-refractivity contribution in [1.82, 2.24) is 0 Å². The third-order valence-electron chi connectivity index (χ3n) is 5.01. The van der Waals surface area contributed by atoms with Crippen molar-refractivity contribution in [3.63, 3.8) is 0 Å². The van der Waals surface area contributed by atoms with E-state index >= 15 is 0 Å². The van der Waals surface area contributed by atoms with Gasteiger partial charge in [-0.25, -0.2) is 23.1 Å². The number of hydrogen-bond acceptors (Lipinski definition) is 4. The summed E-state index contributed by atoms with van der Waals surface area (Å²) in [6.07, 6.45) is 11.1. The number of benzene rings is 1. The molecule has 1 heterocycles. The Morgan fingerprint density at radius 2 is 1.23 bits per heavy atom. The standard InChI is InChI=1S/C20H23O.ClHO4/c1-2-4-10-17-13-18-12-15-8-6-7-9-16(15)14-20(18)21-19(17)11-5-3-1;2-1(3,4)5/h6-9,13H,1-5,10-12,14H2;(H,2,3,4,5)/q+1;/p-1. The van der Waals surface area contributed by atoms with Gasteiger partial charge in [0.2, 0.25) is 0 Å². The topological polar surface area (TPSA) is 104 Å². The number of halogens is 1. The Morgan fingerprint density at radius 3 is 1.92 bits per heavy atom. The van der Waals surface area contributed by atoms with Gasteiger partial charge in [0.05, 0.1) is 24.0 Å². The molecule has 0 saturated carbocycles. The average molecular weight is 379 g/mol. The first-order chi connectivity index (χ1) is 12.4. The van der Waals surface area contributed by atoms with Crippen molar-refractivity contribution >= 4 is 0 Å². The maximum Gasteiger partial charge on any atom is 0.337 e. The molecule has 0 atom stereocenters. The highest BCUT2D eigenvalue weighted by atomic mass is 35.7. The molecule has 2 aliphatic rings. The smallest absolute Gasteiger partial charge is 0.222 e. The fourth-order valence-corrected chi connectivity index (χ4v) is 3.79. The van der Waals surface area contributed by atoms with Gasteiger partial charge in [0.15, 0.2) is 0 Å². The molecule has 5 nitrogen and oxygen atoms in total. The molecule has 0 amide bonds. The summed E-state index contributed by atoms with van der Waals surface area (Å²) in [4.78, 5) is 0. The van der Waals surface area contributed by atoms with Crippen molar-refractivity contribution in [3.05, 3.63) is 64.1 Å². The van der Waals surface area contributed by atoms with Crippen LogP contribution in [0.3, 0.4) is 0 Å². The van der Waals surface area contributed by atoms with Crippen LogP contribution in [-0.4, -0.2) is 0 Å². The molecule has 2 aliphatic carbocycles. The molecule has 0 spiro atoms. The van der Waals surface area contributed by atoms with E-state index in [0.717, 1.165) is 19.3 Å². The normalized spacial score (nSPS) is 16.6. The van der Waals surface area contributed by atoms with Crippen LogP contribution in [0, 0.1) is 10.2 Å². The molecule has 0 saturated heterocycles. The molecular formula is C20H23ClO5. The van der Waals surface area contributed by atoms with E-state index in [1.165, 1.54) is 72.3 Å². The highest BCUT2D eigenvalue weighted by Crippen LogP contribution is 2.31. The second kappa shape index (κ2) is 8.46. The molecule has 6 heteroatoms. The number of aryl methyl sites for hydroxylation is 2. The second-order valence-corrected chi connectivity index (χ2v) is 7.67. The molecule has 2 aromatic rings. The summed E-state index contributed by atoms with van der Waals surface area (Å²) in [6.45, 7) is 0. The summed E-state index contributed by atoms with van der Waals surface area (Å²) in [5.74, 6) is 2.49. The van der Waals surface area contributed by atoms with Gasteiger partial charge in [0, 0.05) is 6.42 Å². The Kier molecular flexibility index (Phi) is 6.27. The molecule has 140 valence electrons. The largest absolute Gasteiger partial charge is 0.337 e. The van der Waals surface area contributed by atoms with E-state index in [0.29, 0.717) is 0 Å². The second-order valence-electron chi connectivity index (χ2n) is 6.91. The third kappa shape index (κ3) is 5.50. The van der Waals surface area contributed by atoms with Crippen LogP contribution in [0.15, 0.2) is 34.7 Å². The Morgan fingerprint density at radius 1 is 0.654 bits per heavy atom. The first-order valence-corrected chi connectivity index (χ1v) is 10.3. The Labute approximate surface area is 155 Å². The lowest BCUT2D eigenvalue weighted by atomic mass is 9.88. The van der Waals surface area contributed by atoms with Gasteiger partial charge < -0.3 is 0 Å². The van der Waals surface area contributed by atoms with Crippen LogP contribution in [-0.2, 0) is 25.7 Å². The van der Waals surface area contributed by atoms with Crippen LogP contribution in [0.25, 0.3) is 0 Å². The Hall–Kier alpha value is -1.50. The van der Waals surface area contributed by atoms with E-state index in [9.17, 15) is 0 Å². The van der Waals surface area contributed by atoms with Crippen molar-refractivity contribution in [2.24, 2.45) is 0 Å². The molecule has 4 rings (SSSR count). The zero-order valence-corrected chi connectivity index (χ0v) is 15.4. The van der Waals surface area contributed by atoms with Crippen LogP contribution >= 0.6 is 0 Å². The van der Waals surface area contributed by atoms with Gasteiger partial charge in [-0.1, -0.05) is 43.5 Å². The highest BCUT2D eigenvalue weighted by Gasteiger charge is 2.28. The first-order valence-electron chi connectivity index (χ1n) is 9.05. The highest BCUT2D eigenvalue weighted by molar-refractivity contribution is 5.43. The third-order valence-corrected chi connectivity index (χ3v) is 5.01. The zero-order valence-electron chi connectivity index (χ0n) is 14.7. The lowest BCUT2D eigenvalue weighted by Gasteiger charge is -2.17. The number of hydrogen-bond donors (Lipinski definition) is 0. The molecule has 0 fully saturated rings. The van der Waals surface area contributed by atoms with E-state index in [1.54, 1.807) is 0 Å². The van der Waals surface area contributed by atoms with Gasteiger partial charge in [-0.05, 0) is 36.5 Å². The average Bonchev–Trinajstić information content (AvgIpc) is 2.68. The molecule has 1 aromatic heterocycles. The van der Waals surface area contributed by atoms with Crippen LogP contribution in [0.4, 0.5) is 0 Å². The molecule has 0 bridgehead atoms. The van der Waals surface area contributed by atoms with Crippen LogP contribution in [0.1, 0.15) is 65.9 Å². The van der Waals surface area contributed by atoms with E-state index in [4.69, 9.17) is 23.1 Å². The van der Waals surface area contributed by atoms with Gasteiger partial charge in [-0.2, -0.15) is 0 Å². The Bertz CT molecular complexity index is 692. The van der Waals surface area contributed by atoms with Gasteiger partial charge in [0.25, 0.3) is 0 Å². The molecule has 0 aliphatic heterocycles. The maximum atomic E-state index is 8.49. The summed E-state index contributed by atoms with van der Waals surface area (Å²) >= 11 is 0. The van der Waals surface area contributed by atoms with E-state index in [2.05, 4.69) is 30.3 Å². The Balaban J connectivity index is 0.000000349. The van der Waals surface area contributed by atoms with E-state index < -0.39 is 10.2 Å². The number of rotatable bonds is 0. The van der Waals surface area contributed by atoms with Gasteiger partial charge >= 0.3 is 11.5 Å². The summed E-state index contributed by atoms with van der Waals surface area (Å²) in [5, 5.41) is 0. The number of fused-ring (bicyclic) bond motifs is 3. The summed E-state index contributed by atoms with van der Waals surface area (Å²) in [7, 11) is -4.94. The van der Waals surface area contributed by atoms with Gasteiger partial charge in [-0.3, -0.25) is 0 Å². The predicted molar refractivity (Wildman–Crippen MR) is 85.7 cm³/mol. The summed E-state index contributed by atoms with van der Waals surface area (Å²) in [6, 6.07) is 11.3. The molecular weight excluding hydrogens is 356 g/mol. The van der Waals surface area contributed by atoms with Crippen molar-refractivity contribution in [3.8, 4) is 0 Å². The predicted octanol–water partition coefficient (Wildman–Crippen LogP) is 0.349. The van der Waals surface area contributed by atoms with E-state index in [1.807, 2.05) is 0 Å². The van der Waals surface area contributed by atoms with Crippen LogP contribution in [0.5, 0.6) is 0 Å². The van der Waals surface area contributed by atoms with Gasteiger partial charge in [-0.15, -0.1) is 10.2 Å². The lowest BCUT2D eigenvalue weighted by molar-refractivity contribution is -2.00. The summed E-state index contributed by atoms with van der Waals surface area (Å²) in [5.41, 5.74) is 5.82. The first kappa shape index (κ1) is 19.3. The zero-order chi connectivity index (χ0) is 18.6. The molecule has 1 aromatic carbocycles. The monoisotopic (exact) mass is 378 g/mol. The molecule has 0 N–H and O–H groups in total. The fourth-order valence-electron chi connectivity index (χ4n) is 3.79. The minimum atomic E-state index is -4.94. The maximum absolute atomic E-state index is 8.49. The minimum Gasteiger partial charge on any atom is -0.222 e. The van der Waals surface area contributed by atoms with Crippen molar-refractivity contribution in [2.75, 3.05) is 0 Å².